The largest absolute Gasteiger partial charge is 0.449 e. The molecule has 1 aromatic rings. The Labute approximate surface area is 135 Å². The van der Waals surface area contributed by atoms with Crippen LogP contribution in [0.2, 0.25) is 5.15 Å². The van der Waals surface area contributed by atoms with Gasteiger partial charge in [0.05, 0.1) is 5.56 Å². The average molecular weight is 325 g/mol. The normalized spacial score (nSPS) is 22.7. The number of esters is 1. The molecule has 0 saturated heterocycles. The lowest BCUT2D eigenvalue weighted by Gasteiger charge is -2.30. The van der Waals surface area contributed by atoms with Gasteiger partial charge in [0.1, 0.15) is 5.15 Å². The van der Waals surface area contributed by atoms with E-state index in [-0.39, 0.29) is 17.5 Å². The van der Waals surface area contributed by atoms with Gasteiger partial charge in [-0.25, -0.2) is 9.78 Å². The molecule has 1 aliphatic rings. The first kappa shape index (κ1) is 16.7. The van der Waals surface area contributed by atoms with Crippen molar-refractivity contribution in [1.82, 2.24) is 10.3 Å². The first-order chi connectivity index (χ1) is 10.5. The molecule has 6 heteroatoms. The van der Waals surface area contributed by atoms with Crippen LogP contribution >= 0.6 is 11.6 Å². The summed E-state index contributed by atoms with van der Waals surface area (Å²) in [6.45, 7) is 3.71. The summed E-state index contributed by atoms with van der Waals surface area (Å²) in [4.78, 5) is 27.9. The monoisotopic (exact) mass is 324 g/mol. The second kappa shape index (κ2) is 7.58. The summed E-state index contributed by atoms with van der Waals surface area (Å²) >= 11 is 5.67. The third-order valence-electron chi connectivity index (χ3n) is 4.06. The Hall–Kier alpha value is -1.62. The van der Waals surface area contributed by atoms with Gasteiger partial charge in [-0.3, -0.25) is 4.79 Å². The van der Waals surface area contributed by atoms with Gasteiger partial charge < -0.3 is 10.1 Å². The van der Waals surface area contributed by atoms with Crippen LogP contribution in [0.1, 0.15) is 49.9 Å². The van der Waals surface area contributed by atoms with Crippen LogP contribution in [0.4, 0.5) is 0 Å². The quantitative estimate of drug-likeness (QED) is 0.683. The predicted octanol–water partition coefficient (Wildman–Crippen LogP) is 2.98. The van der Waals surface area contributed by atoms with E-state index < -0.39 is 12.1 Å². The highest BCUT2D eigenvalue weighted by Crippen LogP contribution is 2.23. The van der Waals surface area contributed by atoms with Gasteiger partial charge in [0.25, 0.3) is 5.91 Å². The van der Waals surface area contributed by atoms with E-state index in [1.807, 2.05) is 0 Å². The lowest BCUT2D eigenvalue weighted by Crippen LogP contribution is -2.45. The smallest absolute Gasteiger partial charge is 0.340 e. The van der Waals surface area contributed by atoms with Crippen molar-refractivity contribution in [2.24, 2.45) is 5.92 Å². The summed E-state index contributed by atoms with van der Waals surface area (Å²) in [5.74, 6) is -0.376. The van der Waals surface area contributed by atoms with Crippen LogP contribution < -0.4 is 5.32 Å². The molecule has 3 atom stereocenters. The van der Waals surface area contributed by atoms with Crippen molar-refractivity contribution in [3.05, 3.63) is 29.0 Å². The Balaban J connectivity index is 1.87. The fraction of sp³-hybridized carbons (Fsp3) is 0.562. The molecule has 1 fully saturated rings. The molecular formula is C16H21ClN2O3. The molecule has 0 radical (unpaired) electrons. The second-order valence-electron chi connectivity index (χ2n) is 5.79. The molecular weight excluding hydrogens is 304 g/mol. The Morgan fingerprint density at radius 2 is 2.09 bits per heavy atom. The van der Waals surface area contributed by atoms with E-state index in [1.54, 1.807) is 6.92 Å². The molecule has 5 nitrogen and oxygen atoms in total. The lowest BCUT2D eigenvalue weighted by molar-refractivity contribution is -0.130. The third-order valence-corrected chi connectivity index (χ3v) is 4.28. The number of pyridine rings is 1. The zero-order valence-electron chi connectivity index (χ0n) is 12.8. The molecule has 0 aromatic carbocycles. The highest BCUT2D eigenvalue weighted by atomic mass is 35.5. The minimum absolute atomic E-state index is 0.166. The first-order valence-electron chi connectivity index (χ1n) is 7.60. The number of hydrogen-bond acceptors (Lipinski definition) is 4. The van der Waals surface area contributed by atoms with Crippen LogP contribution in [0.5, 0.6) is 0 Å². The van der Waals surface area contributed by atoms with Crippen LogP contribution in [0.25, 0.3) is 0 Å². The maximum Gasteiger partial charge on any atom is 0.340 e. The van der Waals surface area contributed by atoms with Crippen molar-refractivity contribution in [2.45, 2.75) is 51.7 Å². The fourth-order valence-electron chi connectivity index (χ4n) is 2.61. The molecule has 0 unspecified atom stereocenters. The fourth-order valence-corrected chi connectivity index (χ4v) is 2.72. The number of nitrogens with zero attached hydrogens (tertiary/aromatic N) is 1. The molecule has 1 aromatic heterocycles. The first-order valence-corrected chi connectivity index (χ1v) is 7.98. The van der Waals surface area contributed by atoms with Crippen LogP contribution in [0.15, 0.2) is 18.3 Å². The summed E-state index contributed by atoms with van der Waals surface area (Å²) in [7, 11) is 0. The minimum atomic E-state index is -0.836. The number of nitrogens with one attached hydrogen (secondary N) is 1. The van der Waals surface area contributed by atoms with Gasteiger partial charge in [0, 0.05) is 12.2 Å². The highest BCUT2D eigenvalue weighted by molar-refractivity contribution is 6.29. The van der Waals surface area contributed by atoms with Gasteiger partial charge in [-0.15, -0.1) is 0 Å². The zero-order valence-corrected chi connectivity index (χ0v) is 13.6. The van der Waals surface area contributed by atoms with Gasteiger partial charge in [-0.05, 0) is 37.8 Å². The Bertz CT molecular complexity index is 533. The summed E-state index contributed by atoms with van der Waals surface area (Å²) in [5.41, 5.74) is 0.273. The zero-order chi connectivity index (χ0) is 16.1. The topological polar surface area (TPSA) is 68.3 Å². The Kier molecular flexibility index (Phi) is 5.77. The van der Waals surface area contributed by atoms with E-state index in [1.165, 1.54) is 24.8 Å². The number of hydrogen-bond donors (Lipinski definition) is 1. The number of halogens is 1. The third kappa shape index (κ3) is 4.44. The molecule has 0 aliphatic heterocycles. The molecule has 1 heterocycles. The summed E-state index contributed by atoms with van der Waals surface area (Å²) in [6, 6.07) is 3.19. The van der Waals surface area contributed by atoms with Crippen LogP contribution in [0, 0.1) is 5.92 Å². The van der Waals surface area contributed by atoms with Gasteiger partial charge in [0.2, 0.25) is 0 Å². The van der Waals surface area contributed by atoms with Crippen LogP contribution in [0.3, 0.4) is 0 Å². The molecule has 0 bridgehead atoms. The van der Waals surface area contributed by atoms with E-state index in [2.05, 4.69) is 17.2 Å². The Morgan fingerprint density at radius 1 is 1.36 bits per heavy atom. The molecule has 0 spiro atoms. The maximum absolute atomic E-state index is 12.2. The van der Waals surface area contributed by atoms with Crippen molar-refractivity contribution in [3.8, 4) is 0 Å². The van der Waals surface area contributed by atoms with Crippen LogP contribution in [-0.2, 0) is 9.53 Å². The number of carbonyl (C=O) groups is 2. The molecule has 1 amide bonds. The number of ether oxygens (including phenoxy) is 1. The van der Waals surface area contributed by atoms with E-state index in [0.717, 1.165) is 19.3 Å². The van der Waals surface area contributed by atoms with Crippen molar-refractivity contribution in [2.75, 3.05) is 0 Å². The van der Waals surface area contributed by atoms with E-state index >= 15 is 0 Å². The number of amides is 1. The SMILES string of the molecule is C[C@@H]1CCCC[C@@H]1NC(=O)[C@@H](C)OC(=O)c1ccc(Cl)nc1. The number of aromatic nitrogens is 1. The molecule has 22 heavy (non-hydrogen) atoms. The second-order valence-corrected chi connectivity index (χ2v) is 6.18. The Morgan fingerprint density at radius 3 is 2.73 bits per heavy atom. The molecule has 2 rings (SSSR count). The van der Waals surface area contributed by atoms with Gasteiger partial charge >= 0.3 is 5.97 Å². The summed E-state index contributed by atoms with van der Waals surface area (Å²) in [6.07, 6.45) is 4.93. The highest BCUT2D eigenvalue weighted by Gasteiger charge is 2.26. The van der Waals surface area contributed by atoms with Crippen molar-refractivity contribution >= 4 is 23.5 Å². The van der Waals surface area contributed by atoms with E-state index in [4.69, 9.17) is 16.3 Å². The summed E-state index contributed by atoms with van der Waals surface area (Å²) < 4.78 is 5.18. The molecule has 120 valence electrons. The van der Waals surface area contributed by atoms with Gasteiger partial charge in [0.15, 0.2) is 6.10 Å². The molecule has 1 aliphatic carbocycles. The van der Waals surface area contributed by atoms with Gasteiger partial charge in [-0.2, -0.15) is 0 Å². The van der Waals surface area contributed by atoms with Crippen LogP contribution in [-0.4, -0.2) is 29.0 Å². The lowest BCUT2D eigenvalue weighted by atomic mass is 9.86. The van der Waals surface area contributed by atoms with E-state index in [9.17, 15) is 9.59 Å². The number of carbonyl (C=O) groups excluding carboxylic acids is 2. The summed E-state index contributed by atoms with van der Waals surface area (Å²) in [5, 5.41) is 3.28. The predicted molar refractivity (Wildman–Crippen MR) is 83.7 cm³/mol. The van der Waals surface area contributed by atoms with Crippen molar-refractivity contribution < 1.29 is 14.3 Å². The molecule has 1 N–H and O–H groups in total. The number of rotatable bonds is 4. The maximum atomic E-state index is 12.2. The van der Waals surface area contributed by atoms with Crippen molar-refractivity contribution in [3.63, 3.8) is 0 Å². The minimum Gasteiger partial charge on any atom is -0.449 e. The molecule has 1 saturated carbocycles. The van der Waals surface area contributed by atoms with Gasteiger partial charge in [-0.1, -0.05) is 31.4 Å². The van der Waals surface area contributed by atoms with Crippen molar-refractivity contribution in [1.29, 1.82) is 0 Å². The average Bonchev–Trinajstić information content (AvgIpc) is 2.50. The van der Waals surface area contributed by atoms with E-state index in [0.29, 0.717) is 11.1 Å². The standard InChI is InChI=1S/C16H21ClN2O3/c1-10-5-3-4-6-13(10)19-15(20)11(2)22-16(21)12-7-8-14(17)18-9-12/h7-11,13H,3-6H2,1-2H3,(H,19,20)/t10-,11-,13+/m1/s1.